The zero-order valence-corrected chi connectivity index (χ0v) is 10.1. The Kier molecular flexibility index (Phi) is 3.16. The van der Waals surface area contributed by atoms with Crippen molar-refractivity contribution in [1.82, 2.24) is 0 Å². The van der Waals surface area contributed by atoms with E-state index < -0.39 is 6.10 Å². The average Bonchev–Trinajstić information content (AvgIpc) is 2.28. The minimum absolute atomic E-state index is 0.612. The zero-order valence-electron chi connectivity index (χ0n) is 10.1. The van der Waals surface area contributed by atoms with E-state index in [9.17, 15) is 5.11 Å². The van der Waals surface area contributed by atoms with Crippen molar-refractivity contribution in [1.29, 1.82) is 0 Å². The molecule has 88 valence electrons. The molecule has 0 bridgehead atoms. The highest BCUT2D eigenvalue weighted by Gasteiger charge is 2.12. The molecule has 0 aliphatic heterocycles. The smallest absolute Gasteiger partial charge is 0.104 e. The van der Waals surface area contributed by atoms with Crippen molar-refractivity contribution < 1.29 is 5.11 Å². The number of nitrogens with two attached hydrogens (primary N) is 1. The van der Waals surface area contributed by atoms with Crippen LogP contribution < -0.4 is 5.73 Å². The second-order valence-corrected chi connectivity index (χ2v) is 4.43. The maximum atomic E-state index is 10.3. The number of aliphatic hydroxyl groups excluding tert-OH is 1. The van der Waals surface area contributed by atoms with Gasteiger partial charge in [-0.1, -0.05) is 35.9 Å². The fraction of sp³-hybridized carbons (Fsp3) is 0.200. The molecule has 0 saturated heterocycles. The minimum atomic E-state index is -0.612. The van der Waals surface area contributed by atoms with Gasteiger partial charge in [-0.25, -0.2) is 0 Å². The van der Waals surface area contributed by atoms with Crippen LogP contribution in [0.2, 0.25) is 0 Å². The molecule has 0 radical (unpaired) electrons. The maximum Gasteiger partial charge on any atom is 0.104 e. The molecule has 0 aliphatic carbocycles. The highest BCUT2D eigenvalue weighted by Crippen LogP contribution is 2.26. The first-order chi connectivity index (χ1) is 8.08. The monoisotopic (exact) mass is 227 g/mol. The highest BCUT2D eigenvalue weighted by atomic mass is 16.3. The third-order valence-electron chi connectivity index (χ3n) is 2.95. The van der Waals surface area contributed by atoms with E-state index >= 15 is 0 Å². The molecule has 0 fully saturated rings. The summed E-state index contributed by atoms with van der Waals surface area (Å²) in [5.41, 5.74) is 10.5. The Balaban J connectivity index is 2.40. The molecular formula is C15H17NO. The Morgan fingerprint density at radius 3 is 2.47 bits per heavy atom. The normalized spacial score (nSPS) is 12.4. The van der Waals surface area contributed by atoms with Crippen molar-refractivity contribution in [2.24, 2.45) is 0 Å². The number of anilines is 1. The van der Waals surface area contributed by atoms with E-state index in [-0.39, 0.29) is 0 Å². The van der Waals surface area contributed by atoms with Crippen LogP contribution >= 0.6 is 0 Å². The molecule has 0 spiro atoms. The number of aliphatic hydroxyl groups is 1. The zero-order chi connectivity index (χ0) is 12.4. The lowest BCUT2D eigenvalue weighted by molar-refractivity contribution is 0.219. The van der Waals surface area contributed by atoms with Crippen LogP contribution in [0.1, 0.15) is 28.4 Å². The molecule has 2 aromatic rings. The molecule has 1 atom stereocenters. The third-order valence-corrected chi connectivity index (χ3v) is 2.95. The van der Waals surface area contributed by atoms with Crippen LogP contribution in [0.3, 0.4) is 0 Å². The molecule has 2 aromatic carbocycles. The molecular weight excluding hydrogens is 210 g/mol. The molecule has 0 heterocycles. The molecule has 0 unspecified atom stereocenters. The highest BCUT2D eigenvalue weighted by molar-refractivity contribution is 5.45. The summed E-state index contributed by atoms with van der Waals surface area (Å²) in [5, 5.41) is 10.3. The van der Waals surface area contributed by atoms with Gasteiger partial charge in [0.1, 0.15) is 6.10 Å². The largest absolute Gasteiger partial charge is 0.399 e. The van der Waals surface area contributed by atoms with Gasteiger partial charge in [0.15, 0.2) is 0 Å². The van der Waals surface area contributed by atoms with Crippen molar-refractivity contribution in [3.8, 4) is 0 Å². The van der Waals surface area contributed by atoms with Gasteiger partial charge in [0.2, 0.25) is 0 Å². The molecule has 2 heteroatoms. The summed E-state index contributed by atoms with van der Waals surface area (Å²) < 4.78 is 0. The van der Waals surface area contributed by atoms with E-state index in [0.717, 1.165) is 16.7 Å². The Labute approximate surface area is 102 Å². The van der Waals surface area contributed by atoms with Crippen molar-refractivity contribution in [3.05, 3.63) is 64.7 Å². The Morgan fingerprint density at radius 1 is 1.06 bits per heavy atom. The number of hydrogen-bond acceptors (Lipinski definition) is 2. The van der Waals surface area contributed by atoms with Crippen LogP contribution in [-0.2, 0) is 0 Å². The van der Waals surface area contributed by atoms with Crippen molar-refractivity contribution >= 4 is 5.69 Å². The lowest BCUT2D eigenvalue weighted by Gasteiger charge is -2.15. The van der Waals surface area contributed by atoms with Gasteiger partial charge in [-0.2, -0.15) is 0 Å². The molecule has 17 heavy (non-hydrogen) atoms. The first-order valence-electron chi connectivity index (χ1n) is 5.68. The van der Waals surface area contributed by atoms with Crippen molar-refractivity contribution in [2.45, 2.75) is 20.0 Å². The third kappa shape index (κ3) is 2.48. The van der Waals surface area contributed by atoms with E-state index in [1.807, 2.05) is 50.2 Å². The average molecular weight is 227 g/mol. The molecule has 2 nitrogen and oxygen atoms in total. The van der Waals surface area contributed by atoms with Gasteiger partial charge in [0, 0.05) is 5.69 Å². The maximum absolute atomic E-state index is 10.3. The minimum Gasteiger partial charge on any atom is -0.399 e. The topological polar surface area (TPSA) is 46.2 Å². The summed E-state index contributed by atoms with van der Waals surface area (Å²) in [6.45, 7) is 4.06. The summed E-state index contributed by atoms with van der Waals surface area (Å²) in [4.78, 5) is 0. The van der Waals surface area contributed by atoms with E-state index in [0.29, 0.717) is 5.69 Å². The molecule has 0 aromatic heterocycles. The van der Waals surface area contributed by atoms with Crippen LogP contribution in [0.25, 0.3) is 0 Å². The van der Waals surface area contributed by atoms with E-state index in [4.69, 9.17) is 5.73 Å². The fourth-order valence-corrected chi connectivity index (χ4v) is 2.04. The van der Waals surface area contributed by atoms with Gasteiger partial charge in [-0.05, 0) is 42.7 Å². The molecule has 0 amide bonds. The Hall–Kier alpha value is -1.80. The second kappa shape index (κ2) is 4.60. The number of nitrogen functional groups attached to an aromatic ring is 1. The fourth-order valence-electron chi connectivity index (χ4n) is 2.04. The van der Waals surface area contributed by atoms with Gasteiger partial charge < -0.3 is 10.8 Å². The van der Waals surface area contributed by atoms with E-state index in [1.54, 1.807) is 0 Å². The van der Waals surface area contributed by atoms with Crippen LogP contribution in [-0.4, -0.2) is 5.11 Å². The number of aryl methyl sites for hydroxylation is 2. The second-order valence-electron chi connectivity index (χ2n) is 4.43. The lowest BCUT2D eigenvalue weighted by Crippen LogP contribution is -2.02. The summed E-state index contributed by atoms with van der Waals surface area (Å²) in [6, 6.07) is 13.4. The molecule has 0 aliphatic rings. The number of hydrogen-bond donors (Lipinski definition) is 2. The van der Waals surface area contributed by atoms with Gasteiger partial charge >= 0.3 is 0 Å². The van der Waals surface area contributed by atoms with Crippen LogP contribution in [0.5, 0.6) is 0 Å². The first-order valence-corrected chi connectivity index (χ1v) is 5.68. The quantitative estimate of drug-likeness (QED) is 0.775. The SMILES string of the molecule is Cc1ccc([C@@H](O)c2cccc(N)c2)c(C)c1. The molecule has 2 rings (SSSR count). The van der Waals surface area contributed by atoms with Crippen LogP contribution in [0.15, 0.2) is 42.5 Å². The molecule has 0 saturated carbocycles. The number of rotatable bonds is 2. The summed E-state index contributed by atoms with van der Waals surface area (Å²) in [6.07, 6.45) is -0.612. The lowest BCUT2D eigenvalue weighted by atomic mass is 9.96. The summed E-state index contributed by atoms with van der Waals surface area (Å²) >= 11 is 0. The van der Waals surface area contributed by atoms with Gasteiger partial charge in [0.05, 0.1) is 0 Å². The summed E-state index contributed by atoms with van der Waals surface area (Å²) in [5.74, 6) is 0. The van der Waals surface area contributed by atoms with Gasteiger partial charge in [-0.15, -0.1) is 0 Å². The van der Waals surface area contributed by atoms with Gasteiger partial charge in [-0.3, -0.25) is 0 Å². The van der Waals surface area contributed by atoms with Crippen LogP contribution in [0, 0.1) is 13.8 Å². The van der Waals surface area contributed by atoms with Crippen molar-refractivity contribution in [3.63, 3.8) is 0 Å². The Bertz CT molecular complexity index is 534. The Morgan fingerprint density at radius 2 is 1.82 bits per heavy atom. The summed E-state index contributed by atoms with van der Waals surface area (Å²) in [7, 11) is 0. The van der Waals surface area contributed by atoms with Crippen LogP contribution in [0.4, 0.5) is 5.69 Å². The standard InChI is InChI=1S/C15H17NO/c1-10-6-7-14(11(2)8-10)15(17)12-4-3-5-13(16)9-12/h3-9,15,17H,16H2,1-2H3/t15-/m0/s1. The predicted octanol–water partition coefficient (Wildman–Crippen LogP) is 2.97. The first kappa shape index (κ1) is 11.7. The van der Waals surface area contributed by atoms with Crippen molar-refractivity contribution in [2.75, 3.05) is 5.73 Å². The molecule has 3 N–H and O–H groups in total. The van der Waals surface area contributed by atoms with E-state index in [2.05, 4.69) is 6.07 Å². The number of benzene rings is 2. The van der Waals surface area contributed by atoms with E-state index in [1.165, 1.54) is 5.56 Å². The predicted molar refractivity (Wildman–Crippen MR) is 70.8 cm³/mol. The van der Waals surface area contributed by atoms with Gasteiger partial charge in [0.25, 0.3) is 0 Å².